The first kappa shape index (κ1) is 13.5. The molecule has 0 aliphatic carbocycles. The van der Waals surface area contributed by atoms with Crippen LogP contribution in [0.2, 0.25) is 0 Å². The summed E-state index contributed by atoms with van der Waals surface area (Å²) in [6, 6.07) is 11.0. The summed E-state index contributed by atoms with van der Waals surface area (Å²) in [5.41, 5.74) is 7.97. The van der Waals surface area contributed by atoms with E-state index in [1.165, 1.54) is 5.56 Å². The van der Waals surface area contributed by atoms with E-state index in [9.17, 15) is 0 Å². The Kier molecular flexibility index (Phi) is 5.61. The van der Waals surface area contributed by atoms with Crippen LogP contribution in [0, 0.1) is 5.92 Å². The fraction of sp³-hybridized carbons (Fsp3) is 0.571. The molecular formula is C14H23N3O. The van der Waals surface area contributed by atoms with Gasteiger partial charge in [0.25, 0.3) is 0 Å². The Bertz CT molecular complexity index is 331. The fourth-order valence-corrected chi connectivity index (χ4v) is 2.37. The average molecular weight is 249 g/mol. The van der Waals surface area contributed by atoms with Gasteiger partial charge in [-0.2, -0.15) is 0 Å². The summed E-state index contributed by atoms with van der Waals surface area (Å²) >= 11 is 0. The third-order valence-corrected chi connectivity index (χ3v) is 3.36. The second-order valence-corrected chi connectivity index (χ2v) is 4.72. The number of ether oxygens (including phenoxy) is 1. The van der Waals surface area contributed by atoms with Gasteiger partial charge in [-0.05, 0) is 18.5 Å². The lowest BCUT2D eigenvalue weighted by molar-refractivity contribution is 0.193. The summed E-state index contributed by atoms with van der Waals surface area (Å²) in [5, 5.41) is 3.50. The Morgan fingerprint density at radius 1 is 1.33 bits per heavy atom. The maximum absolute atomic E-state index is 5.04. The molecule has 1 heterocycles. The molecule has 1 saturated heterocycles. The smallest absolute Gasteiger partial charge is 0.0515 e. The quantitative estimate of drug-likeness (QED) is 0.633. The zero-order valence-corrected chi connectivity index (χ0v) is 11.0. The summed E-state index contributed by atoms with van der Waals surface area (Å²) in [5.74, 6) is 0.593. The molecule has 4 nitrogen and oxygen atoms in total. The molecule has 2 unspecified atom stereocenters. The van der Waals surface area contributed by atoms with Crippen molar-refractivity contribution in [2.24, 2.45) is 5.92 Å². The molecule has 1 aromatic rings. The van der Waals surface area contributed by atoms with Crippen molar-refractivity contribution in [3.63, 3.8) is 0 Å². The molecule has 0 radical (unpaired) electrons. The van der Waals surface area contributed by atoms with Gasteiger partial charge in [-0.15, -0.1) is 0 Å². The van der Waals surface area contributed by atoms with Crippen LogP contribution >= 0.6 is 0 Å². The predicted octanol–water partition coefficient (Wildman–Crippen LogP) is 1.08. The van der Waals surface area contributed by atoms with Gasteiger partial charge < -0.3 is 10.1 Å². The van der Waals surface area contributed by atoms with Crippen LogP contribution < -0.4 is 16.2 Å². The van der Waals surface area contributed by atoms with Crippen molar-refractivity contribution in [1.82, 2.24) is 16.2 Å². The second-order valence-electron chi connectivity index (χ2n) is 4.72. The van der Waals surface area contributed by atoms with E-state index in [1.54, 1.807) is 7.11 Å². The van der Waals surface area contributed by atoms with Gasteiger partial charge in [-0.25, -0.2) is 5.43 Å². The van der Waals surface area contributed by atoms with E-state index < -0.39 is 0 Å². The molecule has 1 aliphatic rings. The average Bonchev–Trinajstić information content (AvgIpc) is 2.88. The molecule has 0 spiro atoms. The molecule has 2 rings (SSSR count). The molecule has 3 N–H and O–H groups in total. The number of rotatable bonds is 7. The summed E-state index contributed by atoms with van der Waals surface area (Å²) in [4.78, 5) is 0. The van der Waals surface area contributed by atoms with Crippen molar-refractivity contribution in [1.29, 1.82) is 0 Å². The van der Waals surface area contributed by atoms with Crippen LogP contribution in [0.5, 0.6) is 0 Å². The normalized spacial score (nSPS) is 23.4. The van der Waals surface area contributed by atoms with E-state index in [0.29, 0.717) is 12.0 Å². The summed E-state index contributed by atoms with van der Waals surface area (Å²) in [6.07, 6.45) is 1.07. The summed E-state index contributed by atoms with van der Waals surface area (Å²) in [6.45, 7) is 3.89. The van der Waals surface area contributed by atoms with Crippen LogP contribution in [0.25, 0.3) is 0 Å². The highest BCUT2D eigenvalue weighted by atomic mass is 16.5. The highest BCUT2D eigenvalue weighted by molar-refractivity contribution is 5.20. The first-order chi connectivity index (χ1) is 8.92. The fourth-order valence-electron chi connectivity index (χ4n) is 2.37. The Labute approximate surface area is 109 Å². The topological polar surface area (TPSA) is 45.3 Å². The number of hydrogen-bond donors (Lipinski definition) is 3. The largest absolute Gasteiger partial charge is 0.385 e. The third kappa shape index (κ3) is 3.78. The van der Waals surface area contributed by atoms with Crippen molar-refractivity contribution in [3.8, 4) is 0 Å². The standard InChI is InChI=1S/C14H23N3O/c1-18-9-5-8-15-10-13-11-16-17-14(13)12-6-3-2-4-7-12/h2-4,6-7,13-17H,5,8-11H2,1H3. The lowest BCUT2D eigenvalue weighted by Crippen LogP contribution is -2.29. The SMILES string of the molecule is COCCCNCC1CNNC1c1ccccc1. The minimum absolute atomic E-state index is 0.404. The van der Waals surface area contributed by atoms with Gasteiger partial charge in [0.1, 0.15) is 0 Å². The van der Waals surface area contributed by atoms with E-state index in [0.717, 1.165) is 32.7 Å². The lowest BCUT2D eigenvalue weighted by Gasteiger charge is -2.19. The van der Waals surface area contributed by atoms with Gasteiger partial charge in [0.15, 0.2) is 0 Å². The number of hydrogen-bond acceptors (Lipinski definition) is 4. The summed E-state index contributed by atoms with van der Waals surface area (Å²) in [7, 11) is 1.75. The Balaban J connectivity index is 1.77. The van der Waals surface area contributed by atoms with Crippen molar-refractivity contribution in [2.75, 3.05) is 33.4 Å². The molecular weight excluding hydrogens is 226 g/mol. The molecule has 0 aromatic heterocycles. The lowest BCUT2D eigenvalue weighted by atomic mass is 9.95. The van der Waals surface area contributed by atoms with E-state index in [1.807, 2.05) is 0 Å². The Morgan fingerprint density at radius 3 is 2.94 bits per heavy atom. The molecule has 1 aromatic carbocycles. The zero-order valence-electron chi connectivity index (χ0n) is 11.0. The summed E-state index contributed by atoms with van der Waals surface area (Å²) < 4.78 is 5.04. The van der Waals surface area contributed by atoms with Crippen LogP contribution in [0.4, 0.5) is 0 Å². The van der Waals surface area contributed by atoms with E-state index in [-0.39, 0.29) is 0 Å². The van der Waals surface area contributed by atoms with Gasteiger partial charge in [-0.1, -0.05) is 30.3 Å². The zero-order chi connectivity index (χ0) is 12.6. The molecule has 100 valence electrons. The first-order valence-electron chi connectivity index (χ1n) is 6.65. The minimum Gasteiger partial charge on any atom is -0.385 e. The maximum atomic E-state index is 5.04. The first-order valence-corrected chi connectivity index (χ1v) is 6.65. The second kappa shape index (κ2) is 7.48. The van der Waals surface area contributed by atoms with Crippen molar-refractivity contribution in [3.05, 3.63) is 35.9 Å². The molecule has 0 amide bonds. The number of nitrogens with one attached hydrogen (secondary N) is 3. The number of benzene rings is 1. The molecule has 0 bridgehead atoms. The molecule has 0 saturated carbocycles. The predicted molar refractivity (Wildman–Crippen MR) is 73.2 cm³/mol. The van der Waals surface area contributed by atoms with Crippen LogP contribution in [0.3, 0.4) is 0 Å². The van der Waals surface area contributed by atoms with E-state index in [2.05, 4.69) is 46.5 Å². The van der Waals surface area contributed by atoms with E-state index >= 15 is 0 Å². The monoisotopic (exact) mass is 249 g/mol. The van der Waals surface area contributed by atoms with Crippen LogP contribution in [-0.2, 0) is 4.74 Å². The maximum Gasteiger partial charge on any atom is 0.0515 e. The van der Waals surface area contributed by atoms with Crippen LogP contribution in [0.15, 0.2) is 30.3 Å². The van der Waals surface area contributed by atoms with Crippen molar-refractivity contribution < 1.29 is 4.74 Å². The molecule has 4 heteroatoms. The Morgan fingerprint density at radius 2 is 2.17 bits per heavy atom. The van der Waals surface area contributed by atoms with Crippen LogP contribution in [0.1, 0.15) is 18.0 Å². The van der Waals surface area contributed by atoms with E-state index in [4.69, 9.17) is 4.74 Å². The van der Waals surface area contributed by atoms with Gasteiger partial charge in [0, 0.05) is 32.7 Å². The molecule has 18 heavy (non-hydrogen) atoms. The van der Waals surface area contributed by atoms with Crippen LogP contribution in [-0.4, -0.2) is 33.4 Å². The van der Waals surface area contributed by atoms with Gasteiger partial charge in [0.05, 0.1) is 6.04 Å². The van der Waals surface area contributed by atoms with Gasteiger partial charge in [-0.3, -0.25) is 5.43 Å². The molecule has 1 aliphatic heterocycles. The highest BCUT2D eigenvalue weighted by Crippen LogP contribution is 2.23. The Hall–Kier alpha value is -0.940. The van der Waals surface area contributed by atoms with Gasteiger partial charge >= 0.3 is 0 Å². The number of hydrazine groups is 1. The third-order valence-electron chi connectivity index (χ3n) is 3.36. The van der Waals surface area contributed by atoms with Crippen molar-refractivity contribution in [2.45, 2.75) is 12.5 Å². The minimum atomic E-state index is 0.404. The molecule has 1 fully saturated rings. The molecule has 2 atom stereocenters. The number of methoxy groups -OCH3 is 1. The van der Waals surface area contributed by atoms with Crippen molar-refractivity contribution >= 4 is 0 Å². The highest BCUT2D eigenvalue weighted by Gasteiger charge is 2.27. The van der Waals surface area contributed by atoms with Gasteiger partial charge in [0.2, 0.25) is 0 Å².